The molecule has 5 nitrogen and oxygen atoms in total. The van der Waals surface area contributed by atoms with Crippen LogP contribution in [0.2, 0.25) is 0 Å². The van der Waals surface area contributed by atoms with E-state index in [2.05, 4.69) is 34.6 Å². The van der Waals surface area contributed by atoms with E-state index in [1.807, 2.05) is 50.2 Å². The summed E-state index contributed by atoms with van der Waals surface area (Å²) in [5.41, 5.74) is 6.37. The summed E-state index contributed by atoms with van der Waals surface area (Å²) in [6, 6.07) is 15.8. The smallest absolute Gasteiger partial charge is 0.283 e. The number of ether oxygens (including phenoxy) is 1. The molecule has 2 aromatic carbocycles. The minimum Gasteiger partial charge on any atom is -0.488 e. The lowest BCUT2D eigenvalue weighted by atomic mass is 10.1. The zero-order valence-corrected chi connectivity index (χ0v) is 16.3. The molecule has 1 N–H and O–H groups in total. The van der Waals surface area contributed by atoms with Crippen LogP contribution in [0.25, 0.3) is 0 Å². The third-order valence-corrected chi connectivity index (χ3v) is 4.99. The molecule has 0 aliphatic carbocycles. The summed E-state index contributed by atoms with van der Waals surface area (Å²) in [4.78, 5) is 17.0. The Morgan fingerprint density at radius 2 is 1.89 bits per heavy atom. The molecule has 0 radical (unpaired) electrons. The van der Waals surface area contributed by atoms with E-state index in [4.69, 9.17) is 4.74 Å². The zero-order valence-electron chi connectivity index (χ0n) is 15.5. The number of carbonyl (C=O) groups excluding carboxylic acids is 1. The first-order chi connectivity index (χ1) is 13.0. The van der Waals surface area contributed by atoms with Gasteiger partial charge in [0.15, 0.2) is 0 Å². The molecule has 0 atom stereocenters. The van der Waals surface area contributed by atoms with Gasteiger partial charge in [-0.25, -0.2) is 10.4 Å². The number of benzene rings is 2. The predicted octanol–water partition coefficient (Wildman–Crippen LogP) is 4.41. The van der Waals surface area contributed by atoms with Crippen LogP contribution in [0.1, 0.15) is 37.1 Å². The fourth-order valence-electron chi connectivity index (χ4n) is 2.52. The molecule has 0 aliphatic heterocycles. The monoisotopic (exact) mass is 379 g/mol. The van der Waals surface area contributed by atoms with Gasteiger partial charge < -0.3 is 4.74 Å². The van der Waals surface area contributed by atoms with E-state index < -0.39 is 0 Å². The quantitative estimate of drug-likeness (QED) is 0.510. The summed E-state index contributed by atoms with van der Waals surface area (Å²) in [6.45, 7) is 6.21. The second-order valence-electron chi connectivity index (χ2n) is 6.16. The Morgan fingerprint density at radius 3 is 2.59 bits per heavy atom. The first kappa shape index (κ1) is 18.8. The van der Waals surface area contributed by atoms with Gasteiger partial charge in [-0.3, -0.25) is 4.79 Å². The highest BCUT2D eigenvalue weighted by Gasteiger charge is 2.12. The van der Waals surface area contributed by atoms with Crippen molar-refractivity contribution in [1.29, 1.82) is 0 Å². The third-order valence-electron chi connectivity index (χ3n) is 3.91. The third kappa shape index (κ3) is 5.01. The Kier molecular flexibility index (Phi) is 5.98. The van der Waals surface area contributed by atoms with Gasteiger partial charge in [-0.05, 0) is 38.5 Å². The van der Waals surface area contributed by atoms with E-state index in [-0.39, 0.29) is 5.91 Å². The molecule has 0 unspecified atom stereocenters. The normalized spacial score (nSPS) is 10.9. The number of amides is 1. The molecular weight excluding hydrogens is 358 g/mol. The summed E-state index contributed by atoms with van der Waals surface area (Å²) in [7, 11) is 0. The maximum Gasteiger partial charge on any atom is 0.283 e. The Bertz CT molecular complexity index is 962. The molecule has 1 aromatic heterocycles. The zero-order chi connectivity index (χ0) is 19.2. The molecule has 138 valence electrons. The van der Waals surface area contributed by atoms with Crippen LogP contribution in [-0.4, -0.2) is 17.1 Å². The topological polar surface area (TPSA) is 63.6 Å². The summed E-state index contributed by atoms with van der Waals surface area (Å²) >= 11 is 1.36. The van der Waals surface area contributed by atoms with Gasteiger partial charge in [-0.1, -0.05) is 42.0 Å². The number of thiazole rings is 1. The lowest BCUT2D eigenvalue weighted by molar-refractivity contribution is 0.0958. The highest BCUT2D eigenvalue weighted by Crippen LogP contribution is 2.19. The van der Waals surface area contributed by atoms with Crippen LogP contribution >= 0.6 is 11.3 Å². The van der Waals surface area contributed by atoms with Crippen molar-refractivity contribution in [3.05, 3.63) is 80.8 Å². The number of aryl methyl sites for hydroxylation is 3. The molecule has 0 bridgehead atoms. The Labute approximate surface area is 162 Å². The van der Waals surface area contributed by atoms with Crippen molar-refractivity contribution in [1.82, 2.24) is 10.4 Å². The summed E-state index contributed by atoms with van der Waals surface area (Å²) in [5.74, 6) is 0.452. The average molecular weight is 379 g/mol. The molecule has 27 heavy (non-hydrogen) atoms. The molecule has 0 fully saturated rings. The maximum absolute atomic E-state index is 12.2. The van der Waals surface area contributed by atoms with Crippen molar-refractivity contribution in [2.24, 2.45) is 5.10 Å². The second-order valence-corrected chi connectivity index (χ2v) is 7.36. The number of hydrazone groups is 1. The molecule has 1 heterocycles. The number of para-hydroxylation sites is 1. The molecule has 3 rings (SSSR count). The molecule has 0 saturated heterocycles. The van der Waals surface area contributed by atoms with E-state index in [9.17, 15) is 4.79 Å². The number of nitrogens with one attached hydrogen (secondary N) is 1. The molecule has 0 saturated carbocycles. The number of carbonyl (C=O) groups is 1. The molecule has 0 spiro atoms. The van der Waals surface area contributed by atoms with Crippen LogP contribution in [-0.2, 0) is 6.61 Å². The highest BCUT2D eigenvalue weighted by molar-refractivity contribution is 7.13. The number of aromatic nitrogens is 1. The molecule has 0 aliphatic rings. The van der Waals surface area contributed by atoms with E-state index in [0.29, 0.717) is 22.9 Å². The van der Waals surface area contributed by atoms with Gasteiger partial charge in [0.25, 0.3) is 5.91 Å². The lowest BCUT2D eigenvalue weighted by Gasteiger charge is -2.09. The SMILES string of the molecule is Cc1ccc(COc2ccccc2/C=N/NC(=O)c2sc(C)nc2C)cc1. The number of hydrogen-bond acceptors (Lipinski definition) is 5. The van der Waals surface area contributed by atoms with Crippen molar-refractivity contribution in [3.8, 4) is 5.75 Å². The Morgan fingerprint density at radius 1 is 1.15 bits per heavy atom. The van der Waals surface area contributed by atoms with E-state index >= 15 is 0 Å². The van der Waals surface area contributed by atoms with Crippen LogP contribution in [0, 0.1) is 20.8 Å². The van der Waals surface area contributed by atoms with Gasteiger partial charge in [0.2, 0.25) is 0 Å². The van der Waals surface area contributed by atoms with Crippen LogP contribution < -0.4 is 10.2 Å². The number of hydrogen-bond donors (Lipinski definition) is 1. The van der Waals surface area contributed by atoms with Crippen molar-refractivity contribution in [2.75, 3.05) is 0 Å². The highest BCUT2D eigenvalue weighted by atomic mass is 32.1. The van der Waals surface area contributed by atoms with Gasteiger partial charge in [-0.15, -0.1) is 11.3 Å². The Balaban J connectivity index is 1.64. The van der Waals surface area contributed by atoms with Crippen LogP contribution in [0.15, 0.2) is 53.6 Å². The van der Waals surface area contributed by atoms with Crippen molar-refractivity contribution >= 4 is 23.5 Å². The van der Waals surface area contributed by atoms with Crippen molar-refractivity contribution in [3.63, 3.8) is 0 Å². The van der Waals surface area contributed by atoms with E-state index in [1.165, 1.54) is 16.9 Å². The lowest BCUT2D eigenvalue weighted by Crippen LogP contribution is -2.17. The van der Waals surface area contributed by atoms with Gasteiger partial charge in [0.05, 0.1) is 16.9 Å². The van der Waals surface area contributed by atoms with Gasteiger partial charge in [-0.2, -0.15) is 5.10 Å². The largest absolute Gasteiger partial charge is 0.488 e. The van der Waals surface area contributed by atoms with Gasteiger partial charge in [0, 0.05) is 5.56 Å². The first-order valence-electron chi connectivity index (χ1n) is 8.58. The molecule has 3 aromatic rings. The average Bonchev–Trinajstić information content (AvgIpc) is 3.00. The van der Waals surface area contributed by atoms with E-state index in [1.54, 1.807) is 6.21 Å². The summed E-state index contributed by atoms with van der Waals surface area (Å²) in [5, 5.41) is 4.93. The van der Waals surface area contributed by atoms with E-state index in [0.717, 1.165) is 16.1 Å². The van der Waals surface area contributed by atoms with Crippen LogP contribution in [0.4, 0.5) is 0 Å². The van der Waals surface area contributed by atoms with Crippen LogP contribution in [0.3, 0.4) is 0 Å². The number of nitrogens with zero attached hydrogens (tertiary/aromatic N) is 2. The standard InChI is InChI=1S/C21H21N3O2S/c1-14-8-10-17(11-9-14)13-26-19-7-5-4-6-18(19)12-22-24-21(25)20-15(2)23-16(3)27-20/h4-12H,13H2,1-3H3,(H,24,25)/b22-12+. The first-order valence-corrected chi connectivity index (χ1v) is 9.39. The van der Waals surface area contributed by atoms with Crippen LogP contribution in [0.5, 0.6) is 5.75 Å². The fourth-order valence-corrected chi connectivity index (χ4v) is 3.33. The predicted molar refractivity (Wildman–Crippen MR) is 109 cm³/mol. The summed E-state index contributed by atoms with van der Waals surface area (Å²) in [6.07, 6.45) is 1.59. The summed E-state index contributed by atoms with van der Waals surface area (Å²) < 4.78 is 5.92. The maximum atomic E-state index is 12.2. The Hall–Kier alpha value is -2.99. The molecule has 6 heteroatoms. The van der Waals surface area contributed by atoms with Gasteiger partial charge >= 0.3 is 0 Å². The number of rotatable bonds is 6. The molecular formula is C21H21N3O2S. The minimum atomic E-state index is -0.257. The van der Waals surface area contributed by atoms with Crippen molar-refractivity contribution in [2.45, 2.75) is 27.4 Å². The molecule has 1 amide bonds. The van der Waals surface area contributed by atoms with Crippen molar-refractivity contribution < 1.29 is 9.53 Å². The fraction of sp³-hybridized carbons (Fsp3) is 0.190. The second kappa shape index (κ2) is 8.60. The minimum absolute atomic E-state index is 0.257. The van der Waals surface area contributed by atoms with Gasteiger partial charge in [0.1, 0.15) is 17.2 Å².